The third-order valence-corrected chi connectivity index (χ3v) is 22.8. The maximum atomic E-state index is 14.3. The summed E-state index contributed by atoms with van der Waals surface area (Å²) in [7, 11) is 13.4. The highest BCUT2D eigenvalue weighted by Crippen LogP contribution is 2.36. The molecule has 29 heteroatoms. The van der Waals surface area contributed by atoms with E-state index in [1.54, 1.807) is 68.8 Å². The number of amides is 6. The van der Waals surface area contributed by atoms with Crippen molar-refractivity contribution >= 4 is 61.2 Å². The molecule has 4 fully saturated rings. The Bertz CT molecular complexity index is 2590. The van der Waals surface area contributed by atoms with Crippen molar-refractivity contribution in [2.24, 2.45) is 65.1 Å². The van der Waals surface area contributed by atoms with Gasteiger partial charge in [-0.25, -0.2) is 5.90 Å². The van der Waals surface area contributed by atoms with Crippen LogP contribution in [-0.2, 0) is 66.9 Å². The van der Waals surface area contributed by atoms with E-state index in [0.717, 1.165) is 12.8 Å². The van der Waals surface area contributed by atoms with E-state index < -0.39 is 104 Å². The van der Waals surface area contributed by atoms with Gasteiger partial charge in [0.25, 0.3) is 0 Å². The van der Waals surface area contributed by atoms with Gasteiger partial charge in [-0.3, -0.25) is 48.1 Å². The van der Waals surface area contributed by atoms with Crippen LogP contribution in [0.1, 0.15) is 174 Å². The van der Waals surface area contributed by atoms with E-state index in [4.69, 9.17) is 34.4 Å². The van der Waals surface area contributed by atoms with Gasteiger partial charge in [0.2, 0.25) is 35.4 Å². The number of carbonyl (C=O) groups is 8. The highest BCUT2D eigenvalue weighted by atomic mass is 16.6. The number of nitrogens with zero attached hydrogens (tertiary/aromatic N) is 7. The van der Waals surface area contributed by atoms with Crippen molar-refractivity contribution in [3.63, 3.8) is 0 Å². The lowest BCUT2D eigenvalue weighted by molar-refractivity contribution is -0.150. The second kappa shape index (κ2) is 42.8. The number of ether oxygens (including phenoxy) is 5. The Kier molecular flexibility index (Phi) is 38.6. The molecule has 4 aliphatic heterocycles. The van der Waals surface area contributed by atoms with Crippen molar-refractivity contribution in [3.05, 3.63) is 0 Å². The molecule has 0 aliphatic carbocycles. The Balaban J connectivity index is 0.000000525. The molecule has 0 aromatic carbocycles. The van der Waals surface area contributed by atoms with Crippen LogP contribution in [0.25, 0.3) is 0 Å². The van der Waals surface area contributed by atoms with Crippen LogP contribution < -0.4 is 11.2 Å². The molecule has 0 radical (unpaired) electrons. The van der Waals surface area contributed by atoms with Gasteiger partial charge >= 0.3 is 14.2 Å². The summed E-state index contributed by atoms with van der Waals surface area (Å²) in [6.07, 6.45) is 1.27. The molecule has 27 nitrogen and oxygen atoms in total. The summed E-state index contributed by atoms with van der Waals surface area (Å²) >= 11 is 0. The molecule has 101 heavy (non-hydrogen) atoms. The topological polar surface area (TPSA) is 334 Å². The molecular formula is C72H135B2N9O18. The second-order valence-electron chi connectivity index (χ2n) is 30.9. The first-order valence-corrected chi connectivity index (χ1v) is 37.2. The van der Waals surface area contributed by atoms with Gasteiger partial charge in [0.05, 0.1) is 109 Å². The highest BCUT2D eigenvalue weighted by molar-refractivity contribution is 6.44. The van der Waals surface area contributed by atoms with Crippen LogP contribution in [0, 0.1) is 59.2 Å². The van der Waals surface area contributed by atoms with E-state index in [1.807, 2.05) is 102 Å². The Morgan fingerprint density at radius 2 is 0.901 bits per heavy atom. The number of nitrogens with one attached hydrogen (secondary N) is 1. The van der Waals surface area contributed by atoms with Crippen molar-refractivity contribution in [2.75, 3.05) is 97.0 Å². The van der Waals surface area contributed by atoms with Crippen LogP contribution in [0.15, 0.2) is 0 Å². The highest BCUT2D eigenvalue weighted by Gasteiger charge is 2.51. The predicted molar refractivity (Wildman–Crippen MR) is 389 cm³/mol. The van der Waals surface area contributed by atoms with E-state index in [9.17, 15) is 58.5 Å². The smallest absolute Gasteiger partial charge is 0.426 e. The lowest BCUT2D eigenvalue weighted by Crippen LogP contribution is -2.55. The maximum Gasteiger partial charge on any atom is 0.475 e. The van der Waals surface area contributed by atoms with Crippen molar-refractivity contribution in [1.29, 1.82) is 0 Å². The molecule has 0 unspecified atom stereocenters. The summed E-state index contributed by atoms with van der Waals surface area (Å²) in [5.41, 5.74) is 0. The van der Waals surface area contributed by atoms with Crippen LogP contribution in [0.3, 0.4) is 0 Å². The van der Waals surface area contributed by atoms with Gasteiger partial charge in [0.15, 0.2) is 11.6 Å². The molecule has 4 heterocycles. The van der Waals surface area contributed by atoms with Crippen molar-refractivity contribution in [1.82, 2.24) is 39.6 Å². The van der Waals surface area contributed by atoms with Crippen LogP contribution in [0.2, 0.25) is 0 Å². The number of carbonyl (C=O) groups excluding carboxylic acids is 8. The van der Waals surface area contributed by atoms with E-state index in [-0.39, 0.29) is 133 Å². The Morgan fingerprint density at radius 1 is 0.525 bits per heavy atom. The van der Waals surface area contributed by atoms with Crippen LogP contribution in [0.5, 0.6) is 0 Å². The van der Waals surface area contributed by atoms with Gasteiger partial charge in [0.1, 0.15) is 0 Å². The number of likely N-dealkylation sites (tertiary alicyclic amines) is 4. The summed E-state index contributed by atoms with van der Waals surface area (Å²) in [5, 5.41) is 42.6. The molecule has 0 bridgehead atoms. The predicted octanol–water partition coefficient (Wildman–Crippen LogP) is 3.61. The maximum absolute atomic E-state index is 14.3. The Morgan fingerprint density at radius 3 is 1.20 bits per heavy atom. The molecule has 0 aromatic rings. The standard InChI is InChI=1S/C36H68BN5O9.C36H67BN4O9/c1-13-23(6)33(40(10)36(46)26(21(2)3)18-28(43)32(22(4)5)39(8)9)29(49-11)19-31(44)42-20-25(51-38)17-27(42)34(50-12)24(7)35(45)41-16-14-15-30(41)37(47)48;1-13-23(6)33(39(9)36(45)26(21(2)3)18-28(42)32(38-8)22(4)5)29(49-11)19-31(43)41-20-25(48-10)17-27(41)34(50-12)24(7)35(44)40-16-14-15-30(40)37(46)47/h21-27,29-30,32-34,47-48H,13-20,38H2,1-12H3;21-27,29-30,32-34,38,46-47H,13-20H2,1-12H3/t2*23-,24+,25+,26-,27-,29+,30-,32-,33-,34+/m00/s1. The number of methoxy groups -OCH3 is 5. The third-order valence-electron chi connectivity index (χ3n) is 22.8. The Hall–Kier alpha value is -4.23. The summed E-state index contributed by atoms with van der Waals surface area (Å²) in [6.45, 7) is 28.7. The molecule has 6 amide bonds. The number of Topliss-reactive ketones (excluding diaryl/α,β-unsaturated/α-hetero) is 2. The first kappa shape index (κ1) is 91.0. The zero-order valence-corrected chi connectivity index (χ0v) is 66.0. The minimum Gasteiger partial charge on any atom is -0.426 e. The number of ketones is 2. The third kappa shape index (κ3) is 23.4. The number of rotatable bonds is 40. The molecule has 7 N–H and O–H groups in total. The first-order chi connectivity index (χ1) is 47.4. The average Bonchev–Trinajstić information content (AvgIpc) is 1.71. The number of nitrogens with two attached hydrogens (primary N) is 1. The van der Waals surface area contributed by atoms with E-state index in [0.29, 0.717) is 58.2 Å². The van der Waals surface area contributed by atoms with Crippen LogP contribution >= 0.6 is 0 Å². The summed E-state index contributed by atoms with van der Waals surface area (Å²) in [4.78, 5) is 128. The minimum atomic E-state index is -1.65. The van der Waals surface area contributed by atoms with Gasteiger partial charge in [-0.05, 0) is 88.8 Å². The molecule has 4 saturated heterocycles. The molecule has 20 atom stereocenters. The summed E-state index contributed by atoms with van der Waals surface area (Å²) in [5.74, 6) is 0.473. The largest absolute Gasteiger partial charge is 0.475 e. The van der Waals surface area contributed by atoms with Gasteiger partial charge in [0, 0.05) is 107 Å². The molecule has 0 aromatic heterocycles. The van der Waals surface area contributed by atoms with Crippen LogP contribution in [-0.4, -0.2) is 297 Å². The zero-order chi connectivity index (χ0) is 76.9. The summed E-state index contributed by atoms with van der Waals surface area (Å²) < 4.78 is 29.6. The monoisotopic (exact) mass is 1440 g/mol. The Labute approximate surface area is 606 Å². The molecule has 4 aliphatic rings. The quantitative estimate of drug-likeness (QED) is 0.0377. The van der Waals surface area contributed by atoms with Crippen molar-refractivity contribution in [3.8, 4) is 0 Å². The molecule has 4 rings (SSSR count). The van der Waals surface area contributed by atoms with Gasteiger partial charge < -0.3 is 78.5 Å². The zero-order valence-electron chi connectivity index (χ0n) is 66.0. The first-order valence-electron chi connectivity index (χ1n) is 37.2. The van der Waals surface area contributed by atoms with E-state index >= 15 is 0 Å². The van der Waals surface area contributed by atoms with E-state index in [2.05, 4.69) is 5.32 Å². The lowest BCUT2D eigenvalue weighted by atomic mass is 9.77. The van der Waals surface area contributed by atoms with Crippen LogP contribution in [0.4, 0.5) is 0 Å². The number of likely N-dealkylation sites (N-methyl/N-ethyl adjacent to an activating group) is 4. The molecule has 582 valence electrons. The fourth-order valence-electron chi connectivity index (χ4n) is 16.6. The van der Waals surface area contributed by atoms with Gasteiger partial charge in [-0.2, -0.15) is 0 Å². The number of hydrogen-bond acceptors (Lipinski definition) is 21. The molecular weight excluding hydrogens is 1300 g/mol. The van der Waals surface area contributed by atoms with Crippen molar-refractivity contribution < 1.29 is 87.0 Å². The lowest BCUT2D eigenvalue weighted by Gasteiger charge is -2.41. The fraction of sp³-hybridized carbons (Fsp3) is 0.889. The fourth-order valence-corrected chi connectivity index (χ4v) is 16.6. The van der Waals surface area contributed by atoms with Gasteiger partial charge in [-0.15, -0.1) is 0 Å². The van der Waals surface area contributed by atoms with E-state index in [1.165, 1.54) is 31.1 Å². The minimum absolute atomic E-state index is 0.00230. The second-order valence-corrected chi connectivity index (χ2v) is 30.9. The SMILES string of the molecule is CC[C@H](C)[C@@H]([C@@H](CC(=O)N1C[C@H](OC)C[C@H]1[C@H](OC)[C@@H](C)C(=O)N1CCC[C@H]1B(O)O)OC)N(C)C(=O)[C@@H](CC(=O)[C@@H](NC)C(C)C)C(C)C.CC[C@H](C)[C@@H]([C@@H](CC(=O)N1C[C@H](ON)C[C@H]1[C@H](OC)[C@@H](C)C(=O)N1CCC[C@H]1B(O)O)OC)N(C)C(=O)[C@@H](CC(=O)[C@H](C(C)C)N(C)C)C(C)C. The normalized spacial score (nSPS) is 23.7. The summed E-state index contributed by atoms with van der Waals surface area (Å²) in [6, 6.07) is -2.61. The number of hydrogen-bond donors (Lipinski definition) is 6. The molecule has 0 saturated carbocycles. The average molecular weight is 1440 g/mol. The van der Waals surface area contributed by atoms with Gasteiger partial charge in [-0.1, -0.05) is 110 Å². The molecule has 0 spiro atoms. The van der Waals surface area contributed by atoms with Crippen molar-refractivity contribution in [2.45, 2.75) is 259 Å².